The van der Waals surface area contributed by atoms with Crippen LogP contribution in [0.2, 0.25) is 5.02 Å². The van der Waals surface area contributed by atoms with Crippen molar-refractivity contribution in [3.8, 4) is 5.75 Å². The Labute approximate surface area is 179 Å². The van der Waals surface area contributed by atoms with E-state index in [-0.39, 0.29) is 0 Å². The van der Waals surface area contributed by atoms with E-state index in [1.165, 1.54) is 11.8 Å². The molecule has 0 spiro atoms. The first-order chi connectivity index (χ1) is 14.5. The minimum Gasteiger partial charge on any atom is -0.489 e. The molecular weight excluding hydrogens is 402 g/mol. The van der Waals surface area contributed by atoms with Gasteiger partial charge in [0.2, 0.25) is 0 Å². The molecule has 0 radical (unpaired) electrons. The Kier molecular flexibility index (Phi) is 7.19. The predicted molar refractivity (Wildman–Crippen MR) is 118 cm³/mol. The highest BCUT2D eigenvalue weighted by Crippen LogP contribution is 2.15. The number of benzene rings is 3. The van der Waals surface area contributed by atoms with E-state index < -0.39 is 11.8 Å². The summed E-state index contributed by atoms with van der Waals surface area (Å²) in [6.45, 7) is 2.48. The molecular formula is C23H20ClN3O3. The minimum atomic E-state index is -0.882. The molecule has 0 unspecified atom stereocenters. The van der Waals surface area contributed by atoms with Crippen molar-refractivity contribution < 1.29 is 14.3 Å². The van der Waals surface area contributed by atoms with Crippen molar-refractivity contribution in [2.45, 2.75) is 13.5 Å². The van der Waals surface area contributed by atoms with E-state index in [0.29, 0.717) is 23.1 Å². The summed E-state index contributed by atoms with van der Waals surface area (Å²) in [5.41, 5.74) is 5.64. The number of hydrogen-bond acceptors (Lipinski definition) is 4. The van der Waals surface area contributed by atoms with Crippen molar-refractivity contribution in [2.75, 3.05) is 5.32 Å². The van der Waals surface area contributed by atoms with Crippen molar-refractivity contribution in [3.05, 3.63) is 94.5 Å². The summed E-state index contributed by atoms with van der Waals surface area (Å²) in [7, 11) is 0. The molecule has 0 saturated carbocycles. The maximum Gasteiger partial charge on any atom is 0.329 e. The predicted octanol–water partition coefficient (Wildman–Crippen LogP) is 4.32. The van der Waals surface area contributed by atoms with Gasteiger partial charge < -0.3 is 10.1 Å². The number of hydrazone groups is 1. The molecule has 152 valence electrons. The smallest absolute Gasteiger partial charge is 0.329 e. The van der Waals surface area contributed by atoms with Crippen LogP contribution in [0.4, 0.5) is 5.69 Å². The van der Waals surface area contributed by atoms with E-state index in [1.54, 1.807) is 30.3 Å². The van der Waals surface area contributed by atoms with Crippen molar-refractivity contribution in [1.82, 2.24) is 5.43 Å². The summed E-state index contributed by atoms with van der Waals surface area (Å²) in [6.07, 6.45) is 1.44. The second kappa shape index (κ2) is 10.2. The number of nitrogens with one attached hydrogen (secondary N) is 2. The van der Waals surface area contributed by atoms with Crippen molar-refractivity contribution in [1.29, 1.82) is 0 Å². The Morgan fingerprint density at radius 3 is 2.47 bits per heavy atom. The average molecular weight is 422 g/mol. The SMILES string of the molecule is Cc1ccc(COc2cccc(/C=N/NC(=O)C(=O)Nc3ccc(Cl)cc3)c2)cc1. The summed E-state index contributed by atoms with van der Waals surface area (Å²) in [4.78, 5) is 23.8. The van der Waals surface area contributed by atoms with Crippen LogP contribution in [-0.4, -0.2) is 18.0 Å². The zero-order valence-corrected chi connectivity index (χ0v) is 17.0. The van der Waals surface area contributed by atoms with Gasteiger partial charge in [-0.15, -0.1) is 0 Å². The molecule has 0 saturated heterocycles. The molecule has 0 atom stereocenters. The quantitative estimate of drug-likeness (QED) is 0.353. The van der Waals surface area contributed by atoms with Gasteiger partial charge in [0.1, 0.15) is 12.4 Å². The summed E-state index contributed by atoms with van der Waals surface area (Å²) < 4.78 is 5.79. The molecule has 2 N–H and O–H groups in total. The number of anilines is 1. The molecule has 3 aromatic rings. The second-order valence-corrected chi connectivity index (χ2v) is 6.94. The van der Waals surface area contributed by atoms with E-state index in [4.69, 9.17) is 16.3 Å². The van der Waals surface area contributed by atoms with E-state index >= 15 is 0 Å². The molecule has 0 bridgehead atoms. The highest BCUT2D eigenvalue weighted by Gasteiger charge is 2.12. The van der Waals surface area contributed by atoms with Crippen LogP contribution in [0.1, 0.15) is 16.7 Å². The van der Waals surface area contributed by atoms with Gasteiger partial charge in [0, 0.05) is 10.7 Å². The first-order valence-corrected chi connectivity index (χ1v) is 9.56. The Bertz CT molecular complexity index is 1050. The third-order valence-electron chi connectivity index (χ3n) is 4.07. The maximum absolute atomic E-state index is 11.9. The van der Waals surface area contributed by atoms with Crippen molar-refractivity contribution in [3.63, 3.8) is 0 Å². The van der Waals surface area contributed by atoms with Crippen molar-refractivity contribution in [2.24, 2.45) is 5.10 Å². The van der Waals surface area contributed by atoms with Crippen LogP contribution in [0.3, 0.4) is 0 Å². The van der Waals surface area contributed by atoms with Gasteiger partial charge >= 0.3 is 11.8 Å². The van der Waals surface area contributed by atoms with Crippen LogP contribution in [0.15, 0.2) is 77.9 Å². The number of aryl methyl sites for hydroxylation is 1. The number of carbonyl (C=O) groups is 2. The molecule has 6 nitrogen and oxygen atoms in total. The van der Waals surface area contributed by atoms with E-state index in [1.807, 2.05) is 49.4 Å². The number of halogens is 1. The van der Waals surface area contributed by atoms with Gasteiger partial charge in [-0.05, 0) is 54.4 Å². The van der Waals surface area contributed by atoms with Crippen LogP contribution in [-0.2, 0) is 16.2 Å². The van der Waals surface area contributed by atoms with Crippen LogP contribution >= 0.6 is 11.6 Å². The summed E-state index contributed by atoms with van der Waals surface area (Å²) in [6, 6.07) is 21.8. The third kappa shape index (κ3) is 6.46. The lowest BCUT2D eigenvalue weighted by atomic mass is 10.2. The van der Waals surface area contributed by atoms with Crippen LogP contribution in [0.5, 0.6) is 5.75 Å². The zero-order chi connectivity index (χ0) is 21.3. The topological polar surface area (TPSA) is 79.8 Å². The monoisotopic (exact) mass is 421 g/mol. The highest BCUT2D eigenvalue weighted by atomic mass is 35.5. The summed E-state index contributed by atoms with van der Waals surface area (Å²) in [5.74, 6) is -1.04. The van der Waals surface area contributed by atoms with Gasteiger partial charge in [-0.3, -0.25) is 9.59 Å². The molecule has 30 heavy (non-hydrogen) atoms. The fourth-order valence-corrected chi connectivity index (χ4v) is 2.60. The number of nitrogens with zero attached hydrogens (tertiary/aromatic N) is 1. The highest BCUT2D eigenvalue weighted by molar-refractivity contribution is 6.39. The van der Waals surface area contributed by atoms with Gasteiger partial charge in [-0.1, -0.05) is 53.6 Å². The minimum absolute atomic E-state index is 0.447. The van der Waals surface area contributed by atoms with Crippen LogP contribution in [0.25, 0.3) is 0 Å². The van der Waals surface area contributed by atoms with Gasteiger partial charge in [0.15, 0.2) is 0 Å². The molecule has 7 heteroatoms. The lowest BCUT2D eigenvalue weighted by Crippen LogP contribution is -2.32. The molecule has 0 aliphatic heterocycles. The van der Waals surface area contributed by atoms with Gasteiger partial charge in [-0.2, -0.15) is 5.10 Å². The number of hydrogen-bond donors (Lipinski definition) is 2. The number of carbonyl (C=O) groups excluding carboxylic acids is 2. The van der Waals surface area contributed by atoms with E-state index in [2.05, 4.69) is 15.8 Å². The first-order valence-electron chi connectivity index (χ1n) is 9.18. The fraction of sp³-hybridized carbons (Fsp3) is 0.0870. The molecule has 3 aromatic carbocycles. The zero-order valence-electron chi connectivity index (χ0n) is 16.3. The third-order valence-corrected chi connectivity index (χ3v) is 4.32. The number of rotatable bonds is 6. The van der Waals surface area contributed by atoms with E-state index in [0.717, 1.165) is 11.1 Å². The molecule has 0 aromatic heterocycles. The maximum atomic E-state index is 11.9. The van der Waals surface area contributed by atoms with Gasteiger partial charge in [-0.25, -0.2) is 5.43 Å². The molecule has 3 rings (SSSR count). The summed E-state index contributed by atoms with van der Waals surface area (Å²) in [5, 5.41) is 6.82. The lowest BCUT2D eigenvalue weighted by Gasteiger charge is -2.07. The lowest BCUT2D eigenvalue weighted by molar-refractivity contribution is -0.136. The normalized spacial score (nSPS) is 10.6. The van der Waals surface area contributed by atoms with Crippen LogP contribution < -0.4 is 15.5 Å². The Hall–Kier alpha value is -3.64. The molecule has 2 amide bonds. The molecule has 0 aliphatic rings. The summed E-state index contributed by atoms with van der Waals surface area (Å²) >= 11 is 5.79. The van der Waals surface area contributed by atoms with Crippen LogP contribution in [0, 0.1) is 6.92 Å². The molecule has 0 heterocycles. The fourth-order valence-electron chi connectivity index (χ4n) is 2.47. The van der Waals surface area contributed by atoms with E-state index in [9.17, 15) is 9.59 Å². The Balaban J connectivity index is 1.51. The Morgan fingerprint density at radius 1 is 1.00 bits per heavy atom. The molecule has 0 aliphatic carbocycles. The van der Waals surface area contributed by atoms with Gasteiger partial charge in [0.25, 0.3) is 0 Å². The first kappa shape index (κ1) is 21.1. The second-order valence-electron chi connectivity index (χ2n) is 6.51. The average Bonchev–Trinajstić information content (AvgIpc) is 2.75. The molecule has 0 fully saturated rings. The largest absolute Gasteiger partial charge is 0.489 e. The van der Waals surface area contributed by atoms with Crippen molar-refractivity contribution >= 4 is 35.3 Å². The Morgan fingerprint density at radius 2 is 1.73 bits per heavy atom. The standard InChI is InChI=1S/C23H20ClN3O3/c1-16-5-7-17(8-6-16)15-30-21-4-2-3-18(13-21)14-25-27-23(29)22(28)26-20-11-9-19(24)10-12-20/h2-14H,15H2,1H3,(H,26,28)(H,27,29)/b25-14+. The number of ether oxygens (including phenoxy) is 1. The number of amides is 2. The van der Waals surface area contributed by atoms with Gasteiger partial charge in [0.05, 0.1) is 6.21 Å².